The zero-order valence-corrected chi connectivity index (χ0v) is 9.41. The second kappa shape index (κ2) is 3.20. The van der Waals surface area contributed by atoms with Crippen molar-refractivity contribution in [1.29, 1.82) is 0 Å². The van der Waals surface area contributed by atoms with E-state index in [1.54, 1.807) is 12.1 Å². The van der Waals surface area contributed by atoms with E-state index in [0.29, 0.717) is 15.2 Å². The molecule has 1 aromatic carbocycles. The van der Waals surface area contributed by atoms with Gasteiger partial charge in [0.25, 0.3) is 5.56 Å². The molecule has 3 rings (SSSR count). The van der Waals surface area contributed by atoms with Crippen molar-refractivity contribution in [2.75, 3.05) is 0 Å². The number of halogens is 1. The molecule has 0 aliphatic heterocycles. The van der Waals surface area contributed by atoms with Crippen molar-refractivity contribution in [1.82, 2.24) is 9.97 Å². The number of aromatic nitrogens is 2. The first-order valence-electron chi connectivity index (χ1n) is 4.50. The highest BCUT2D eigenvalue weighted by Gasteiger charge is 2.10. The van der Waals surface area contributed by atoms with Crippen molar-refractivity contribution >= 4 is 43.2 Å². The molecule has 0 bridgehead atoms. The fraction of sp³-hybridized carbons (Fsp3) is 0. The summed E-state index contributed by atoms with van der Waals surface area (Å²) in [7, 11) is 0. The first kappa shape index (κ1) is 9.62. The third kappa shape index (κ3) is 1.22. The van der Waals surface area contributed by atoms with Gasteiger partial charge in [0.2, 0.25) is 0 Å². The molecule has 0 amide bonds. The van der Waals surface area contributed by atoms with Crippen molar-refractivity contribution < 1.29 is 0 Å². The Morgan fingerprint density at radius 1 is 1.12 bits per heavy atom. The van der Waals surface area contributed by atoms with Crippen LogP contribution in [-0.2, 0) is 0 Å². The lowest BCUT2D eigenvalue weighted by Crippen LogP contribution is -2.20. The van der Waals surface area contributed by atoms with E-state index in [2.05, 4.69) is 9.97 Å². The maximum atomic E-state index is 11.6. The van der Waals surface area contributed by atoms with E-state index in [1.807, 2.05) is 6.07 Å². The zero-order valence-electron chi connectivity index (χ0n) is 7.83. The fourth-order valence-corrected chi connectivity index (χ4v) is 3.02. The van der Waals surface area contributed by atoms with Crippen molar-refractivity contribution in [2.45, 2.75) is 0 Å². The highest BCUT2D eigenvalue weighted by molar-refractivity contribution is 7.26. The molecule has 3 aromatic rings. The van der Waals surface area contributed by atoms with Crippen molar-refractivity contribution in [2.24, 2.45) is 0 Å². The van der Waals surface area contributed by atoms with E-state index in [1.165, 1.54) is 11.3 Å². The molecule has 2 heterocycles. The molecule has 2 aromatic heterocycles. The molecule has 6 heteroatoms. The van der Waals surface area contributed by atoms with Crippen LogP contribution in [0.3, 0.4) is 0 Å². The number of rotatable bonds is 0. The molecule has 0 saturated heterocycles. The molecular weight excluding hydrogens is 248 g/mol. The van der Waals surface area contributed by atoms with Crippen LogP contribution < -0.4 is 11.2 Å². The maximum Gasteiger partial charge on any atom is 0.326 e. The Balaban J connectivity index is 2.72. The van der Waals surface area contributed by atoms with Crippen LogP contribution in [0.25, 0.3) is 20.3 Å². The molecular formula is C10H5ClN2O2S. The van der Waals surface area contributed by atoms with Crippen molar-refractivity contribution in [3.8, 4) is 0 Å². The highest BCUT2D eigenvalue weighted by Crippen LogP contribution is 2.34. The predicted molar refractivity (Wildman–Crippen MR) is 65.6 cm³/mol. The van der Waals surface area contributed by atoms with Crippen LogP contribution >= 0.6 is 22.9 Å². The molecule has 0 aliphatic rings. The van der Waals surface area contributed by atoms with Crippen LogP contribution in [0.15, 0.2) is 27.8 Å². The van der Waals surface area contributed by atoms with Gasteiger partial charge in [0.15, 0.2) is 0 Å². The zero-order chi connectivity index (χ0) is 11.3. The van der Waals surface area contributed by atoms with Crippen LogP contribution in [0.2, 0.25) is 5.02 Å². The predicted octanol–water partition coefficient (Wildman–Crippen LogP) is 2.08. The third-order valence-corrected chi connectivity index (χ3v) is 4.00. The Hall–Kier alpha value is -1.59. The molecule has 0 fully saturated rings. The van der Waals surface area contributed by atoms with Crippen LogP contribution in [0, 0.1) is 0 Å². The lowest BCUT2D eigenvalue weighted by molar-refractivity contribution is 1.09. The Labute approximate surface area is 97.5 Å². The summed E-state index contributed by atoms with van der Waals surface area (Å²) in [6.07, 6.45) is 0. The molecule has 4 nitrogen and oxygen atoms in total. The van der Waals surface area contributed by atoms with E-state index in [4.69, 9.17) is 11.6 Å². The molecule has 0 atom stereocenters. The molecule has 2 N–H and O–H groups in total. The number of aromatic amines is 2. The summed E-state index contributed by atoms with van der Waals surface area (Å²) in [5.41, 5.74) is -0.329. The third-order valence-electron chi connectivity index (χ3n) is 2.34. The van der Waals surface area contributed by atoms with Crippen molar-refractivity contribution in [3.05, 3.63) is 44.1 Å². The molecule has 0 saturated carbocycles. The summed E-state index contributed by atoms with van der Waals surface area (Å²) >= 11 is 7.30. The lowest BCUT2D eigenvalue weighted by atomic mass is 10.2. The SMILES string of the molecule is O=c1[nH]c(=O)c2sc3c(Cl)cccc3c2[nH]1. The monoisotopic (exact) mass is 252 g/mol. The summed E-state index contributed by atoms with van der Waals surface area (Å²) in [5.74, 6) is 0. The largest absolute Gasteiger partial charge is 0.326 e. The number of thiophene rings is 1. The van der Waals surface area contributed by atoms with Gasteiger partial charge in [0, 0.05) is 5.39 Å². The van der Waals surface area contributed by atoms with E-state index < -0.39 is 5.69 Å². The minimum atomic E-state index is -0.503. The minimum Gasteiger partial charge on any atom is -0.305 e. The number of benzene rings is 1. The summed E-state index contributed by atoms with van der Waals surface area (Å²) in [5, 5.41) is 1.38. The van der Waals surface area contributed by atoms with Gasteiger partial charge in [-0.1, -0.05) is 23.7 Å². The van der Waals surface area contributed by atoms with Crippen LogP contribution in [0.5, 0.6) is 0 Å². The number of H-pyrrole nitrogens is 2. The van der Waals surface area contributed by atoms with Gasteiger partial charge in [-0.15, -0.1) is 11.3 Å². The lowest BCUT2D eigenvalue weighted by Gasteiger charge is -1.91. The second-order valence-electron chi connectivity index (χ2n) is 3.33. The fourth-order valence-electron chi connectivity index (χ4n) is 1.67. The molecule has 16 heavy (non-hydrogen) atoms. The molecule has 0 aliphatic carbocycles. The number of hydrogen-bond acceptors (Lipinski definition) is 3. The average molecular weight is 253 g/mol. The van der Waals surface area contributed by atoms with Crippen LogP contribution in [0.1, 0.15) is 0 Å². The molecule has 80 valence electrons. The van der Waals surface area contributed by atoms with Gasteiger partial charge in [-0.05, 0) is 6.07 Å². The van der Waals surface area contributed by atoms with Gasteiger partial charge in [0.05, 0.1) is 15.2 Å². The van der Waals surface area contributed by atoms with Gasteiger partial charge in [-0.25, -0.2) is 4.79 Å². The average Bonchev–Trinajstić information content (AvgIpc) is 2.59. The first-order valence-corrected chi connectivity index (χ1v) is 5.69. The maximum absolute atomic E-state index is 11.6. The Kier molecular flexibility index (Phi) is 1.92. The van der Waals surface area contributed by atoms with Gasteiger partial charge in [-0.2, -0.15) is 0 Å². The van der Waals surface area contributed by atoms with Gasteiger partial charge < -0.3 is 4.98 Å². The number of nitrogens with one attached hydrogen (secondary N) is 2. The van der Waals surface area contributed by atoms with E-state index in [0.717, 1.165) is 10.1 Å². The topological polar surface area (TPSA) is 65.7 Å². The van der Waals surface area contributed by atoms with Crippen molar-refractivity contribution in [3.63, 3.8) is 0 Å². The highest BCUT2D eigenvalue weighted by atomic mass is 35.5. The van der Waals surface area contributed by atoms with E-state index in [-0.39, 0.29) is 5.56 Å². The van der Waals surface area contributed by atoms with E-state index >= 15 is 0 Å². The molecule has 0 spiro atoms. The van der Waals surface area contributed by atoms with Gasteiger partial charge >= 0.3 is 5.69 Å². The normalized spacial score (nSPS) is 11.3. The quantitative estimate of drug-likeness (QED) is 0.643. The molecule has 0 unspecified atom stereocenters. The smallest absolute Gasteiger partial charge is 0.305 e. The Morgan fingerprint density at radius 3 is 2.75 bits per heavy atom. The number of hydrogen-bond donors (Lipinski definition) is 2. The summed E-state index contributed by atoms with van der Waals surface area (Å²) in [6.45, 7) is 0. The molecule has 0 radical (unpaired) electrons. The summed E-state index contributed by atoms with van der Waals surface area (Å²) < 4.78 is 1.30. The Morgan fingerprint density at radius 2 is 1.94 bits per heavy atom. The van der Waals surface area contributed by atoms with E-state index in [9.17, 15) is 9.59 Å². The second-order valence-corrected chi connectivity index (χ2v) is 4.76. The first-order chi connectivity index (χ1) is 7.66. The standard InChI is InChI=1S/C10H5ClN2O2S/c11-5-3-1-2-4-6-8(16-7(4)5)9(14)13-10(15)12-6/h1-3H,(H2,12,13,14,15). The van der Waals surface area contributed by atoms with Gasteiger partial charge in [-0.3, -0.25) is 9.78 Å². The van der Waals surface area contributed by atoms with Gasteiger partial charge in [0.1, 0.15) is 4.70 Å². The summed E-state index contributed by atoms with van der Waals surface area (Å²) in [4.78, 5) is 27.6. The van der Waals surface area contributed by atoms with Crippen LogP contribution in [-0.4, -0.2) is 9.97 Å². The summed E-state index contributed by atoms with van der Waals surface area (Å²) in [6, 6.07) is 5.37. The Bertz CT molecular complexity index is 815. The van der Waals surface area contributed by atoms with Crippen LogP contribution in [0.4, 0.5) is 0 Å². The number of fused-ring (bicyclic) bond motifs is 3. The minimum absolute atomic E-state index is 0.379.